The van der Waals surface area contributed by atoms with Crippen molar-refractivity contribution in [1.82, 2.24) is 0 Å². The molecule has 4 heterocycles. The topological polar surface area (TPSA) is 243 Å². The van der Waals surface area contributed by atoms with E-state index in [4.69, 9.17) is 41.4 Å². The molecule has 1 amide bonds. The molecule has 1 N–H and O–H groups in total. The van der Waals surface area contributed by atoms with Gasteiger partial charge in [0.05, 0.1) is 18.9 Å². The summed E-state index contributed by atoms with van der Waals surface area (Å²) in [4.78, 5) is 82.4. The normalized spacial score (nSPS) is 10.9. The minimum absolute atomic E-state index is 0.111. The Bertz CT molecular complexity index is 3480. The number of amides is 1. The molecule has 0 unspecified atom stereocenters. The number of anilines is 1. The van der Waals surface area contributed by atoms with Crippen LogP contribution in [-0.4, -0.2) is 52.3 Å². The number of halogens is 2. The fourth-order valence-corrected chi connectivity index (χ4v) is 6.85. The Morgan fingerprint density at radius 2 is 1.12 bits per heavy atom. The lowest BCUT2D eigenvalue weighted by atomic mass is 10.1. The van der Waals surface area contributed by atoms with Crippen molar-refractivity contribution < 1.29 is 65.3 Å². The fourth-order valence-electron chi connectivity index (χ4n) is 6.62. The van der Waals surface area contributed by atoms with E-state index in [1.54, 1.807) is 100 Å². The zero-order chi connectivity index (χ0) is 55.0. The van der Waals surface area contributed by atoms with E-state index < -0.39 is 26.0 Å². The minimum Gasteiger partial charge on any atom is -0.464 e. The first-order valence-corrected chi connectivity index (χ1v) is 24.7. The van der Waals surface area contributed by atoms with Crippen LogP contribution in [0.4, 0.5) is 16.2 Å². The third-order valence-electron chi connectivity index (χ3n) is 10.5. The van der Waals surface area contributed by atoms with Gasteiger partial charge in [0.15, 0.2) is 18.7 Å². The number of carbonyl (C=O) groups excluding carboxylic acids is 5. The average Bonchev–Trinajstić information content (AvgIpc) is 4.03. The number of hydrogen-bond donors (Lipinski definition) is 1. The van der Waals surface area contributed by atoms with Crippen LogP contribution in [0, 0.1) is 13.8 Å². The van der Waals surface area contributed by atoms with E-state index in [0.29, 0.717) is 65.5 Å². The first-order valence-electron chi connectivity index (χ1n) is 23.2. The number of carbonyl (C=O) groups is 4. The number of fused-ring (bicyclic) bond motifs is 2. The summed E-state index contributed by atoms with van der Waals surface area (Å²) >= 11 is 6.53. The highest BCUT2D eigenvalue weighted by Crippen LogP contribution is 2.28. The second kappa shape index (κ2) is 26.3. The number of hydrogen-bond acceptors (Lipinski definition) is 17. The molecule has 4 aromatic carbocycles. The smallest absolute Gasteiger partial charge is 0.412 e. The predicted molar refractivity (Wildman–Crippen MR) is 287 cm³/mol. The highest BCUT2D eigenvalue weighted by molar-refractivity contribution is 9.10. The molecule has 4 aromatic heterocycles. The van der Waals surface area contributed by atoms with Gasteiger partial charge in [-0.2, -0.15) is 4.99 Å². The quantitative estimate of drug-likeness (QED) is 0.0169. The van der Waals surface area contributed by atoms with E-state index in [1.165, 1.54) is 30.3 Å². The van der Waals surface area contributed by atoms with Crippen LogP contribution in [0.5, 0.6) is 23.4 Å². The summed E-state index contributed by atoms with van der Waals surface area (Å²) in [5.41, 5.74) is 4.40. The summed E-state index contributed by atoms with van der Waals surface area (Å²) in [5, 5.41) is 4.21. The number of aliphatic imine (C=N–C) groups is 1. The van der Waals surface area contributed by atoms with Crippen LogP contribution in [0.2, 0.25) is 0 Å². The lowest BCUT2D eigenvalue weighted by Gasteiger charge is -2.14. The molecule has 18 nitrogen and oxygen atoms in total. The van der Waals surface area contributed by atoms with E-state index in [9.17, 15) is 33.6 Å². The van der Waals surface area contributed by atoms with Crippen LogP contribution >= 0.6 is 31.9 Å². The van der Waals surface area contributed by atoms with Gasteiger partial charge in [0, 0.05) is 65.7 Å². The Morgan fingerprint density at radius 1 is 0.618 bits per heavy atom. The van der Waals surface area contributed by atoms with Gasteiger partial charge in [-0.1, -0.05) is 56.1 Å². The molecule has 0 bridgehead atoms. The molecule has 0 aliphatic carbocycles. The largest absolute Gasteiger partial charge is 0.464 e. The number of rotatable bonds is 17. The number of esters is 2. The number of nitrogens with one attached hydrogen (secondary N) is 1. The lowest BCUT2D eigenvalue weighted by molar-refractivity contribution is -0.146. The number of alkyl halides is 2. The van der Waals surface area contributed by atoms with Crippen LogP contribution in [0.1, 0.15) is 66.3 Å². The molecule has 0 saturated heterocycles. The van der Waals surface area contributed by atoms with E-state index in [0.717, 1.165) is 33.0 Å². The number of furan rings is 2. The van der Waals surface area contributed by atoms with Crippen molar-refractivity contribution in [3.8, 4) is 23.4 Å². The molecular weight excluding hydrogens is 1120 g/mol. The van der Waals surface area contributed by atoms with Gasteiger partial charge in [-0.15, -0.1) is 0 Å². The van der Waals surface area contributed by atoms with E-state index in [2.05, 4.69) is 42.2 Å². The van der Waals surface area contributed by atoms with Crippen LogP contribution in [0.3, 0.4) is 0 Å². The van der Waals surface area contributed by atoms with Crippen LogP contribution in [0.25, 0.3) is 21.9 Å². The first kappa shape index (κ1) is 57.0. The molecule has 76 heavy (non-hydrogen) atoms. The summed E-state index contributed by atoms with van der Waals surface area (Å²) in [6, 6.07) is 33.8. The van der Waals surface area contributed by atoms with Crippen molar-refractivity contribution in [1.29, 1.82) is 0 Å². The standard InChI is InChI=1S/C28H26BrNO8.C17H17BrO5.C11H7NO3/c1-17-14-24(31)38-23-15-19(6-10-22(17)23)30-27(33)35-16-21-9-11-25(37-21)36-20-7-4-18(5-8-20)12-13-34-26(32)28(2,3)29;1-17(2,18)16(20)21-10-9-12-3-5-13(6-4-12)22-15-8-7-14(11-19)23-15;1-7-4-11(14)15-10-5-8(12-6-13)2-3-9(7)10/h4-11,14-15H,12-13,16H2,1-3H3,(H,30,33);3-8,11H,9-10H2,1-2H3;2-5H,1H3. The molecule has 0 fully saturated rings. The Labute approximate surface area is 451 Å². The minimum atomic E-state index is -0.710. The highest BCUT2D eigenvalue weighted by atomic mass is 79.9. The molecule has 0 atom stereocenters. The zero-order valence-electron chi connectivity index (χ0n) is 41.9. The second-order valence-corrected chi connectivity index (χ2v) is 21.5. The number of aryl methyl sites for hydroxylation is 2. The van der Waals surface area contributed by atoms with Gasteiger partial charge in [0.25, 0.3) is 11.9 Å². The van der Waals surface area contributed by atoms with Gasteiger partial charge >= 0.3 is 29.3 Å². The van der Waals surface area contributed by atoms with E-state index in [-0.39, 0.29) is 42.8 Å². The van der Waals surface area contributed by atoms with Gasteiger partial charge in [0.1, 0.15) is 37.1 Å². The monoisotopic (exact) mass is 1160 g/mol. The zero-order valence-corrected chi connectivity index (χ0v) is 45.1. The van der Waals surface area contributed by atoms with Crippen LogP contribution in [-0.2, 0) is 48.0 Å². The number of ether oxygens (including phenoxy) is 5. The summed E-state index contributed by atoms with van der Waals surface area (Å²) in [6.07, 6.45) is 2.55. The first-order chi connectivity index (χ1) is 36.1. The third kappa shape index (κ3) is 17.4. The SMILES string of the molecule is CC(C)(Br)C(=O)OCCc1ccc(Oc2ccc(C=O)o2)cc1.Cc1cc(=O)oc2cc(N=C=O)ccc12.Cc1cc(=O)oc2cc(NC(=O)OCc3ccc(Oc4ccc(CCOC(=O)C(C)(C)Br)cc4)o3)ccc12. The number of isocyanates is 1. The maximum absolute atomic E-state index is 12.2. The molecular formula is C56H50Br2N2O16. The molecule has 20 heteroatoms. The summed E-state index contributed by atoms with van der Waals surface area (Å²) in [6.45, 7) is 11.1. The van der Waals surface area contributed by atoms with Crippen molar-refractivity contribution in [2.45, 2.75) is 69.6 Å². The Balaban J connectivity index is 0.000000208. The number of benzene rings is 4. The van der Waals surface area contributed by atoms with Crippen molar-refractivity contribution in [3.05, 3.63) is 176 Å². The maximum atomic E-state index is 12.2. The van der Waals surface area contributed by atoms with Crippen molar-refractivity contribution in [2.24, 2.45) is 4.99 Å². The van der Waals surface area contributed by atoms with Gasteiger partial charge in [-0.25, -0.2) is 19.2 Å². The Hall–Kier alpha value is -8.32. The molecule has 0 spiro atoms. The molecule has 8 aromatic rings. The van der Waals surface area contributed by atoms with E-state index in [1.807, 2.05) is 38.1 Å². The second-order valence-electron chi connectivity index (χ2n) is 17.5. The predicted octanol–water partition coefficient (Wildman–Crippen LogP) is 12.7. The molecule has 0 radical (unpaired) electrons. The summed E-state index contributed by atoms with van der Waals surface area (Å²) in [5.74, 6) is 1.66. The van der Waals surface area contributed by atoms with Gasteiger partial charge in [-0.05, 0) is 124 Å². The van der Waals surface area contributed by atoms with Crippen molar-refractivity contribution in [2.75, 3.05) is 18.5 Å². The molecule has 0 aliphatic rings. The Kier molecular flexibility index (Phi) is 19.7. The molecule has 0 saturated carbocycles. The number of aldehydes is 1. The van der Waals surface area contributed by atoms with E-state index >= 15 is 0 Å². The summed E-state index contributed by atoms with van der Waals surface area (Å²) in [7, 11) is 0. The van der Waals surface area contributed by atoms with Gasteiger partial charge < -0.3 is 41.4 Å². The van der Waals surface area contributed by atoms with Crippen LogP contribution < -0.4 is 26.0 Å². The highest BCUT2D eigenvalue weighted by Gasteiger charge is 2.26. The average molecular weight is 1170 g/mol. The van der Waals surface area contributed by atoms with Crippen molar-refractivity contribution in [3.63, 3.8) is 0 Å². The fraction of sp³-hybridized carbons (Fsp3) is 0.232. The molecule has 394 valence electrons. The maximum Gasteiger partial charge on any atom is 0.412 e. The Morgan fingerprint density at radius 3 is 1.62 bits per heavy atom. The van der Waals surface area contributed by atoms with Crippen LogP contribution in [0.15, 0.2) is 154 Å². The molecule has 0 aliphatic heterocycles. The van der Waals surface area contributed by atoms with Gasteiger partial charge in [-0.3, -0.25) is 19.7 Å². The summed E-state index contributed by atoms with van der Waals surface area (Å²) < 4.78 is 46.4. The molecule has 8 rings (SSSR count). The van der Waals surface area contributed by atoms with Gasteiger partial charge in [0.2, 0.25) is 6.08 Å². The van der Waals surface area contributed by atoms with Crippen molar-refractivity contribution >= 4 is 95.6 Å². The number of nitrogens with zero attached hydrogens (tertiary/aromatic N) is 1. The third-order valence-corrected chi connectivity index (χ3v) is 11.2. The lowest BCUT2D eigenvalue weighted by Crippen LogP contribution is -2.27.